The van der Waals surface area contributed by atoms with Gasteiger partial charge in [-0.3, -0.25) is 9.48 Å². The molecule has 1 unspecified atom stereocenters. The lowest BCUT2D eigenvalue weighted by Gasteiger charge is -2.29. The molecule has 7 heteroatoms. The number of para-hydroxylation sites is 1. The third-order valence-electron chi connectivity index (χ3n) is 5.35. The molecule has 1 amide bonds. The number of nitrogens with one attached hydrogen (secondary N) is 1. The molecule has 0 aliphatic carbocycles. The van der Waals surface area contributed by atoms with Crippen molar-refractivity contribution in [3.8, 4) is 11.5 Å². The molecule has 1 aromatic heterocycles. The maximum Gasteiger partial charge on any atom is 0.260 e. The van der Waals surface area contributed by atoms with E-state index in [1.165, 1.54) is 0 Å². The molecule has 31 heavy (non-hydrogen) atoms. The van der Waals surface area contributed by atoms with Crippen LogP contribution in [0.15, 0.2) is 42.5 Å². The van der Waals surface area contributed by atoms with Gasteiger partial charge in [0.15, 0.2) is 5.82 Å². The molecule has 7 nitrogen and oxygen atoms in total. The van der Waals surface area contributed by atoms with Gasteiger partial charge in [0.1, 0.15) is 17.1 Å². The highest BCUT2D eigenvalue weighted by Crippen LogP contribution is 2.39. The molecule has 0 saturated heterocycles. The molecule has 162 valence electrons. The predicted molar refractivity (Wildman–Crippen MR) is 121 cm³/mol. The Morgan fingerprint density at radius 1 is 1.23 bits per heavy atom. The summed E-state index contributed by atoms with van der Waals surface area (Å²) in [5.41, 5.74) is 1.68. The zero-order chi connectivity index (χ0) is 22.2. The van der Waals surface area contributed by atoms with Crippen LogP contribution in [0.5, 0.6) is 11.5 Å². The Balaban J connectivity index is 1.69. The molecule has 0 saturated carbocycles. The lowest BCUT2D eigenvalue weighted by molar-refractivity contribution is 0.101. The molecule has 0 bridgehead atoms. The molecule has 1 aliphatic heterocycles. The van der Waals surface area contributed by atoms with Crippen molar-refractivity contribution in [3.63, 3.8) is 0 Å². The number of carbonyl (C=O) groups excluding carboxylic acids is 1. The van der Waals surface area contributed by atoms with E-state index >= 15 is 0 Å². The van der Waals surface area contributed by atoms with E-state index in [0.717, 1.165) is 16.5 Å². The molecule has 0 spiro atoms. The Bertz CT molecular complexity index is 1160. The minimum Gasteiger partial charge on any atom is -0.495 e. The molecular formula is C24H27N3O4. The van der Waals surface area contributed by atoms with Crippen molar-refractivity contribution >= 4 is 28.7 Å². The van der Waals surface area contributed by atoms with E-state index in [1.807, 2.05) is 61.9 Å². The summed E-state index contributed by atoms with van der Waals surface area (Å²) >= 11 is 0. The number of aromatic nitrogens is 2. The molecule has 1 atom stereocenters. The number of rotatable bonds is 6. The van der Waals surface area contributed by atoms with E-state index in [4.69, 9.17) is 14.2 Å². The van der Waals surface area contributed by atoms with Crippen molar-refractivity contribution in [2.45, 2.75) is 39.0 Å². The summed E-state index contributed by atoms with van der Waals surface area (Å²) in [5.74, 6) is 1.35. The first-order chi connectivity index (χ1) is 14.8. The van der Waals surface area contributed by atoms with Gasteiger partial charge in [0.05, 0.1) is 36.4 Å². The van der Waals surface area contributed by atoms with E-state index in [-0.39, 0.29) is 12.0 Å². The quantitative estimate of drug-likeness (QED) is 0.634. The Morgan fingerprint density at radius 3 is 2.74 bits per heavy atom. The fraction of sp³-hybridized carbons (Fsp3) is 0.333. The van der Waals surface area contributed by atoms with E-state index in [2.05, 4.69) is 10.4 Å². The van der Waals surface area contributed by atoms with Crippen molar-refractivity contribution < 1.29 is 19.0 Å². The van der Waals surface area contributed by atoms with Gasteiger partial charge in [-0.1, -0.05) is 12.1 Å². The average molecular weight is 421 g/mol. The number of methoxy groups -OCH3 is 2. The van der Waals surface area contributed by atoms with E-state index in [1.54, 1.807) is 26.4 Å². The third-order valence-corrected chi connectivity index (χ3v) is 5.35. The summed E-state index contributed by atoms with van der Waals surface area (Å²) in [4.78, 5) is 13.2. The van der Waals surface area contributed by atoms with Gasteiger partial charge in [-0.05, 0) is 57.2 Å². The number of carbonyl (C=O) groups is 1. The van der Waals surface area contributed by atoms with Crippen LogP contribution in [-0.2, 0) is 11.3 Å². The number of benzene rings is 2. The number of hydrogen-bond acceptors (Lipinski definition) is 5. The first-order valence-electron chi connectivity index (χ1n) is 10.2. The van der Waals surface area contributed by atoms with Gasteiger partial charge in [-0.25, -0.2) is 0 Å². The topological polar surface area (TPSA) is 74.6 Å². The van der Waals surface area contributed by atoms with Crippen LogP contribution < -0.4 is 14.8 Å². The van der Waals surface area contributed by atoms with Crippen LogP contribution in [0.1, 0.15) is 36.7 Å². The second-order valence-electron chi connectivity index (χ2n) is 8.15. The van der Waals surface area contributed by atoms with Crippen LogP contribution in [0.2, 0.25) is 0 Å². The van der Waals surface area contributed by atoms with E-state index in [0.29, 0.717) is 29.4 Å². The lowest BCUT2D eigenvalue weighted by atomic mass is 9.99. The number of fused-ring (bicyclic) bond motifs is 2. The highest BCUT2D eigenvalue weighted by atomic mass is 16.5. The first-order valence-corrected chi connectivity index (χ1v) is 10.2. The summed E-state index contributed by atoms with van der Waals surface area (Å²) in [5, 5.41) is 8.45. The standard InChI is InChI=1S/C24H27N3O4/c1-15(29-4)14-27-19-9-7-6-8-16(19)22(26-27)25-23(28)18-10-11-20-17(21(18)30-5)12-13-24(2,3)31-20/h6-13,15H,14H2,1-5H3,(H,25,26,28). The molecule has 4 rings (SSSR count). The van der Waals surface area contributed by atoms with Gasteiger partial charge in [0.2, 0.25) is 0 Å². The summed E-state index contributed by atoms with van der Waals surface area (Å²) in [6.07, 6.45) is 3.87. The molecule has 2 aromatic carbocycles. The van der Waals surface area contributed by atoms with Crippen molar-refractivity contribution in [2.75, 3.05) is 19.5 Å². The van der Waals surface area contributed by atoms with Crippen LogP contribution in [0.4, 0.5) is 5.82 Å². The molecule has 0 fully saturated rings. The fourth-order valence-corrected chi connectivity index (χ4v) is 3.68. The first kappa shape index (κ1) is 20.9. The number of amides is 1. The fourth-order valence-electron chi connectivity index (χ4n) is 3.68. The molecular weight excluding hydrogens is 394 g/mol. The van der Waals surface area contributed by atoms with E-state index in [9.17, 15) is 4.79 Å². The van der Waals surface area contributed by atoms with Gasteiger partial charge < -0.3 is 19.5 Å². The van der Waals surface area contributed by atoms with Crippen molar-refractivity contribution in [2.24, 2.45) is 0 Å². The second kappa shape index (κ2) is 8.07. The van der Waals surface area contributed by atoms with Gasteiger partial charge >= 0.3 is 0 Å². The molecule has 3 aromatic rings. The maximum atomic E-state index is 13.2. The minimum atomic E-state index is -0.410. The average Bonchev–Trinajstić information content (AvgIpc) is 3.09. The Morgan fingerprint density at radius 2 is 2.00 bits per heavy atom. The molecule has 1 N–H and O–H groups in total. The summed E-state index contributed by atoms with van der Waals surface area (Å²) < 4.78 is 18.8. The summed E-state index contributed by atoms with van der Waals surface area (Å²) in [6, 6.07) is 11.3. The van der Waals surface area contributed by atoms with Crippen molar-refractivity contribution in [3.05, 3.63) is 53.6 Å². The van der Waals surface area contributed by atoms with Crippen LogP contribution in [0.3, 0.4) is 0 Å². The number of hydrogen-bond donors (Lipinski definition) is 1. The van der Waals surface area contributed by atoms with Crippen molar-refractivity contribution in [1.82, 2.24) is 9.78 Å². The third kappa shape index (κ3) is 4.01. The Hall–Kier alpha value is -3.32. The van der Waals surface area contributed by atoms with E-state index < -0.39 is 5.60 Å². The SMILES string of the molecule is COc1c(C(=O)Nc2nn(CC(C)OC)c3ccccc23)ccc2c1C=CC(C)(C)O2. The highest BCUT2D eigenvalue weighted by molar-refractivity contribution is 6.10. The summed E-state index contributed by atoms with van der Waals surface area (Å²) in [7, 11) is 3.22. The highest BCUT2D eigenvalue weighted by Gasteiger charge is 2.27. The van der Waals surface area contributed by atoms with Crippen molar-refractivity contribution in [1.29, 1.82) is 0 Å². The molecule has 0 radical (unpaired) electrons. The predicted octanol–water partition coefficient (Wildman–Crippen LogP) is 4.52. The number of anilines is 1. The Labute approximate surface area is 181 Å². The smallest absolute Gasteiger partial charge is 0.260 e. The normalized spacial score (nSPS) is 15.3. The number of ether oxygens (including phenoxy) is 3. The lowest BCUT2D eigenvalue weighted by Crippen LogP contribution is -2.28. The van der Waals surface area contributed by atoms with Gasteiger partial charge in [-0.15, -0.1) is 0 Å². The van der Waals surface area contributed by atoms with Gasteiger partial charge in [0, 0.05) is 12.5 Å². The summed E-state index contributed by atoms with van der Waals surface area (Å²) in [6.45, 7) is 6.51. The number of nitrogens with zero attached hydrogens (tertiary/aromatic N) is 2. The Kier molecular flexibility index (Phi) is 5.45. The molecule has 1 aliphatic rings. The second-order valence-corrected chi connectivity index (χ2v) is 8.15. The van der Waals surface area contributed by atoms with Crippen LogP contribution in [-0.4, -0.2) is 41.6 Å². The van der Waals surface area contributed by atoms with Gasteiger partial charge in [0.25, 0.3) is 5.91 Å². The zero-order valence-electron chi connectivity index (χ0n) is 18.4. The zero-order valence-corrected chi connectivity index (χ0v) is 18.4. The largest absolute Gasteiger partial charge is 0.495 e. The van der Waals surface area contributed by atoms with Crippen LogP contribution in [0, 0.1) is 0 Å². The molecule has 2 heterocycles. The maximum absolute atomic E-state index is 13.2. The monoisotopic (exact) mass is 421 g/mol. The van der Waals surface area contributed by atoms with Gasteiger partial charge in [-0.2, -0.15) is 5.10 Å². The minimum absolute atomic E-state index is 0.0105. The van der Waals surface area contributed by atoms with Crippen LogP contribution >= 0.6 is 0 Å². The van der Waals surface area contributed by atoms with Crippen LogP contribution in [0.25, 0.3) is 17.0 Å².